The zero-order valence-electron chi connectivity index (χ0n) is 7.29. The van der Waals surface area contributed by atoms with Gasteiger partial charge < -0.3 is 10.5 Å². The molecule has 72 valence electrons. The Bertz CT molecular complexity index is 152. The molecule has 0 amide bonds. The number of ether oxygens (including phenoxy) is 1. The largest absolute Gasteiger partial charge is 0.469 e. The van der Waals surface area contributed by atoms with Crippen LogP contribution in [-0.2, 0) is 9.53 Å². The molecule has 1 saturated carbocycles. The second-order valence-electron chi connectivity index (χ2n) is 3.15. The molecule has 1 aliphatic rings. The summed E-state index contributed by atoms with van der Waals surface area (Å²) in [6.45, 7) is 0. The first-order chi connectivity index (χ1) is 5.24. The van der Waals surface area contributed by atoms with Gasteiger partial charge in [0.05, 0.1) is 13.0 Å². The van der Waals surface area contributed by atoms with E-state index in [0.29, 0.717) is 0 Å². The Labute approximate surface area is 79.1 Å². The lowest BCUT2D eigenvalue weighted by Gasteiger charge is -2.24. The minimum Gasteiger partial charge on any atom is -0.469 e. The monoisotopic (exact) mass is 193 g/mol. The van der Waals surface area contributed by atoms with E-state index < -0.39 is 0 Å². The second kappa shape index (κ2) is 5.38. The normalized spacial score (nSPS) is 28.8. The number of esters is 1. The van der Waals surface area contributed by atoms with Crippen molar-refractivity contribution in [2.45, 2.75) is 31.7 Å². The molecule has 2 N–H and O–H groups in total. The number of hydrogen-bond acceptors (Lipinski definition) is 3. The molecule has 2 atom stereocenters. The van der Waals surface area contributed by atoms with E-state index in [1.807, 2.05) is 0 Å². The second-order valence-corrected chi connectivity index (χ2v) is 3.15. The summed E-state index contributed by atoms with van der Waals surface area (Å²) in [6, 6.07) is 0.202. The molecule has 4 heteroatoms. The number of methoxy groups -OCH3 is 1. The first-order valence-corrected chi connectivity index (χ1v) is 4.07. The van der Waals surface area contributed by atoms with Crippen molar-refractivity contribution in [1.82, 2.24) is 0 Å². The van der Waals surface area contributed by atoms with Crippen LogP contribution in [0.2, 0.25) is 0 Å². The first kappa shape index (κ1) is 11.7. The number of hydrogen-bond donors (Lipinski definition) is 1. The molecule has 0 aromatic rings. The van der Waals surface area contributed by atoms with Gasteiger partial charge in [-0.15, -0.1) is 12.4 Å². The maximum Gasteiger partial charge on any atom is 0.308 e. The lowest BCUT2D eigenvalue weighted by atomic mass is 9.86. The number of carbonyl (C=O) groups excluding carboxylic acids is 1. The molecule has 0 bridgehead atoms. The summed E-state index contributed by atoms with van der Waals surface area (Å²) in [4.78, 5) is 11.0. The van der Waals surface area contributed by atoms with E-state index in [1.54, 1.807) is 0 Å². The van der Waals surface area contributed by atoms with Crippen molar-refractivity contribution in [1.29, 1.82) is 0 Å². The van der Waals surface area contributed by atoms with Crippen molar-refractivity contribution in [3.05, 3.63) is 0 Å². The van der Waals surface area contributed by atoms with E-state index in [-0.39, 0.29) is 30.3 Å². The molecular formula is C8H16ClNO2. The fourth-order valence-electron chi connectivity index (χ4n) is 1.61. The van der Waals surface area contributed by atoms with Crippen molar-refractivity contribution in [2.24, 2.45) is 11.7 Å². The molecular weight excluding hydrogens is 178 g/mol. The Hall–Kier alpha value is -0.280. The van der Waals surface area contributed by atoms with Gasteiger partial charge in [0.1, 0.15) is 0 Å². The molecule has 1 rings (SSSR count). The Kier molecular flexibility index (Phi) is 5.25. The zero-order valence-corrected chi connectivity index (χ0v) is 8.10. The highest BCUT2D eigenvalue weighted by atomic mass is 35.5. The fourth-order valence-corrected chi connectivity index (χ4v) is 1.61. The van der Waals surface area contributed by atoms with Gasteiger partial charge in [-0.25, -0.2) is 0 Å². The van der Waals surface area contributed by atoms with Crippen molar-refractivity contribution in [2.75, 3.05) is 7.11 Å². The van der Waals surface area contributed by atoms with Crippen LogP contribution in [0, 0.1) is 5.92 Å². The van der Waals surface area contributed by atoms with Gasteiger partial charge in [-0.05, 0) is 19.3 Å². The predicted octanol–water partition coefficient (Wildman–Crippen LogP) is 1.10. The van der Waals surface area contributed by atoms with Gasteiger partial charge in [-0.3, -0.25) is 4.79 Å². The summed E-state index contributed by atoms with van der Waals surface area (Å²) < 4.78 is 4.64. The van der Waals surface area contributed by atoms with E-state index in [4.69, 9.17) is 5.73 Å². The molecule has 0 aromatic carbocycles. The van der Waals surface area contributed by atoms with Gasteiger partial charge in [0.2, 0.25) is 0 Å². The Morgan fingerprint density at radius 3 is 2.67 bits per heavy atom. The van der Waals surface area contributed by atoms with Crippen LogP contribution >= 0.6 is 12.4 Å². The minimum absolute atomic E-state index is 0. The molecule has 0 aromatic heterocycles. The average Bonchev–Trinajstić information content (AvgIpc) is 2.03. The fraction of sp³-hybridized carbons (Fsp3) is 0.875. The number of nitrogens with two attached hydrogens (primary N) is 1. The van der Waals surface area contributed by atoms with E-state index >= 15 is 0 Å². The summed E-state index contributed by atoms with van der Waals surface area (Å²) in [5.41, 5.74) is 5.71. The molecule has 12 heavy (non-hydrogen) atoms. The van der Waals surface area contributed by atoms with Crippen LogP contribution in [0.3, 0.4) is 0 Å². The van der Waals surface area contributed by atoms with Crippen molar-refractivity contribution in [3.8, 4) is 0 Å². The maximum atomic E-state index is 11.0. The third-order valence-electron chi connectivity index (χ3n) is 2.25. The molecule has 0 unspecified atom stereocenters. The smallest absolute Gasteiger partial charge is 0.308 e. The van der Waals surface area contributed by atoms with Crippen LogP contribution in [-0.4, -0.2) is 19.1 Å². The molecule has 3 nitrogen and oxygen atoms in total. The SMILES string of the molecule is COC(=O)[C@H]1CCC[C@@H](N)C1.Cl. The van der Waals surface area contributed by atoms with Crippen LogP contribution in [0.5, 0.6) is 0 Å². The zero-order chi connectivity index (χ0) is 8.27. The summed E-state index contributed by atoms with van der Waals surface area (Å²) in [5, 5.41) is 0. The lowest BCUT2D eigenvalue weighted by Crippen LogP contribution is -2.32. The lowest BCUT2D eigenvalue weighted by molar-refractivity contribution is -0.146. The summed E-state index contributed by atoms with van der Waals surface area (Å²) in [7, 11) is 1.43. The van der Waals surface area contributed by atoms with Gasteiger partial charge in [0.25, 0.3) is 0 Å². The van der Waals surface area contributed by atoms with Crippen LogP contribution in [0.15, 0.2) is 0 Å². The van der Waals surface area contributed by atoms with Gasteiger partial charge in [-0.2, -0.15) is 0 Å². The molecule has 0 spiro atoms. The maximum absolute atomic E-state index is 11.0. The molecule has 0 heterocycles. The van der Waals surface area contributed by atoms with Crippen molar-refractivity contribution < 1.29 is 9.53 Å². The molecule has 1 aliphatic carbocycles. The van der Waals surface area contributed by atoms with Crippen molar-refractivity contribution >= 4 is 18.4 Å². The molecule has 0 radical (unpaired) electrons. The summed E-state index contributed by atoms with van der Waals surface area (Å²) in [5.74, 6) is -0.0381. The number of rotatable bonds is 1. The van der Waals surface area contributed by atoms with E-state index in [0.717, 1.165) is 25.7 Å². The average molecular weight is 194 g/mol. The highest BCUT2D eigenvalue weighted by Crippen LogP contribution is 2.23. The standard InChI is InChI=1S/C8H15NO2.ClH/c1-11-8(10)6-3-2-4-7(9)5-6;/h6-7H,2-5,9H2,1H3;1H/t6-,7+;/m0./s1. The van der Waals surface area contributed by atoms with Gasteiger partial charge >= 0.3 is 5.97 Å². The third-order valence-corrected chi connectivity index (χ3v) is 2.25. The molecule has 1 fully saturated rings. The highest BCUT2D eigenvalue weighted by Gasteiger charge is 2.25. The van der Waals surface area contributed by atoms with Crippen molar-refractivity contribution in [3.63, 3.8) is 0 Å². The van der Waals surface area contributed by atoms with Crippen LogP contribution in [0.25, 0.3) is 0 Å². The number of halogens is 1. The Morgan fingerprint density at radius 2 is 2.17 bits per heavy atom. The van der Waals surface area contributed by atoms with Gasteiger partial charge in [0.15, 0.2) is 0 Å². The molecule has 0 saturated heterocycles. The predicted molar refractivity (Wildman–Crippen MR) is 49.2 cm³/mol. The van der Waals surface area contributed by atoms with E-state index in [9.17, 15) is 4.79 Å². The third kappa shape index (κ3) is 2.99. The first-order valence-electron chi connectivity index (χ1n) is 4.07. The van der Waals surface area contributed by atoms with Gasteiger partial charge in [0, 0.05) is 6.04 Å². The van der Waals surface area contributed by atoms with Crippen LogP contribution in [0.4, 0.5) is 0 Å². The van der Waals surface area contributed by atoms with Crippen LogP contribution < -0.4 is 5.73 Å². The molecule has 0 aliphatic heterocycles. The minimum atomic E-state index is -0.0971. The summed E-state index contributed by atoms with van der Waals surface area (Å²) >= 11 is 0. The Balaban J connectivity index is 0.00000121. The Morgan fingerprint density at radius 1 is 1.50 bits per heavy atom. The van der Waals surface area contributed by atoms with E-state index in [2.05, 4.69) is 4.74 Å². The van der Waals surface area contributed by atoms with Crippen LogP contribution in [0.1, 0.15) is 25.7 Å². The van der Waals surface area contributed by atoms with E-state index in [1.165, 1.54) is 7.11 Å². The topological polar surface area (TPSA) is 52.3 Å². The quantitative estimate of drug-likeness (QED) is 0.635. The van der Waals surface area contributed by atoms with Gasteiger partial charge in [-0.1, -0.05) is 6.42 Å². The highest BCUT2D eigenvalue weighted by molar-refractivity contribution is 5.85. The number of carbonyl (C=O) groups is 1. The summed E-state index contributed by atoms with van der Waals surface area (Å²) in [6.07, 6.45) is 3.85.